The Bertz CT molecular complexity index is 1060. The number of para-hydroxylation sites is 1. The summed E-state index contributed by atoms with van der Waals surface area (Å²) < 4.78 is 30.7. The zero-order chi connectivity index (χ0) is 25.7. The molecule has 11 heteroatoms. The molecule has 2 rings (SSSR count). The van der Waals surface area contributed by atoms with E-state index >= 15 is 0 Å². The van der Waals surface area contributed by atoms with E-state index in [1.165, 1.54) is 0 Å². The van der Waals surface area contributed by atoms with Crippen molar-refractivity contribution in [3.63, 3.8) is 0 Å². The quantitative estimate of drug-likeness (QED) is 0.390. The lowest BCUT2D eigenvalue weighted by molar-refractivity contribution is -0.134. The third kappa shape index (κ3) is 12.8. The number of carbonyl (C=O) groups is 2. The van der Waals surface area contributed by atoms with Crippen LogP contribution in [0.5, 0.6) is 5.75 Å². The van der Waals surface area contributed by atoms with Crippen LogP contribution < -0.4 is 9.46 Å². The zero-order valence-electron chi connectivity index (χ0n) is 19.1. The molecule has 0 amide bonds. The molecule has 0 radical (unpaired) electrons. The number of carboxylic acids is 2. The van der Waals surface area contributed by atoms with Crippen LogP contribution in [0, 0.1) is 0 Å². The Morgan fingerprint density at radius 1 is 1.09 bits per heavy atom. The van der Waals surface area contributed by atoms with E-state index in [4.69, 9.17) is 26.6 Å². The second-order valence-corrected chi connectivity index (χ2v) is 9.56. The molecule has 0 aliphatic carbocycles. The van der Waals surface area contributed by atoms with Gasteiger partial charge in [-0.2, -0.15) is 0 Å². The Hall–Kier alpha value is -3.08. The Morgan fingerprint density at radius 2 is 1.65 bits per heavy atom. The third-order valence-electron chi connectivity index (χ3n) is 4.45. The molecule has 2 aromatic carbocycles. The lowest BCUT2D eigenvalue weighted by Crippen LogP contribution is -2.35. The highest BCUT2D eigenvalue weighted by Gasteiger charge is 2.11. The van der Waals surface area contributed by atoms with Gasteiger partial charge in [-0.3, -0.25) is 9.62 Å². The molecule has 9 nitrogen and oxygen atoms in total. The van der Waals surface area contributed by atoms with Gasteiger partial charge in [0.15, 0.2) is 0 Å². The molecule has 0 aromatic heterocycles. The van der Waals surface area contributed by atoms with E-state index in [1.807, 2.05) is 36.4 Å². The molecule has 1 unspecified atom stereocenters. The topological polar surface area (TPSA) is 133 Å². The van der Waals surface area contributed by atoms with Crippen molar-refractivity contribution in [2.75, 3.05) is 31.2 Å². The van der Waals surface area contributed by atoms with Gasteiger partial charge in [-0.25, -0.2) is 18.0 Å². The maximum absolute atomic E-state index is 11.2. The number of nitrogens with zero attached hydrogens (tertiary/aromatic N) is 1. The van der Waals surface area contributed by atoms with E-state index in [9.17, 15) is 18.0 Å². The monoisotopic (exact) mass is 512 g/mol. The molecule has 0 aliphatic heterocycles. The first-order valence-corrected chi connectivity index (χ1v) is 12.4. The predicted octanol–water partition coefficient (Wildman–Crippen LogP) is 3.37. The van der Waals surface area contributed by atoms with Gasteiger partial charge >= 0.3 is 11.9 Å². The van der Waals surface area contributed by atoms with E-state index in [1.54, 1.807) is 12.1 Å². The fraction of sp³-hybridized carbons (Fsp3) is 0.304. The SMILES string of the molecule is CC(COc1ccccc1Cl)N(C)CCc1ccc(NS(C)(=O)=O)cc1.O=C(O)C=CC(=O)O. The summed E-state index contributed by atoms with van der Waals surface area (Å²) in [6, 6.07) is 15.1. The van der Waals surface area contributed by atoms with Gasteiger partial charge in [0.1, 0.15) is 12.4 Å². The lowest BCUT2D eigenvalue weighted by atomic mass is 10.1. The van der Waals surface area contributed by atoms with E-state index in [0.717, 1.165) is 24.8 Å². The van der Waals surface area contributed by atoms with Crippen LogP contribution in [0.15, 0.2) is 60.7 Å². The molecule has 2 aromatic rings. The molecule has 0 fully saturated rings. The van der Waals surface area contributed by atoms with Crippen LogP contribution in [0.25, 0.3) is 0 Å². The molecule has 0 saturated carbocycles. The van der Waals surface area contributed by atoms with Crippen LogP contribution >= 0.6 is 11.6 Å². The van der Waals surface area contributed by atoms with Crippen LogP contribution in [0.3, 0.4) is 0 Å². The molecule has 0 aliphatic rings. The molecule has 186 valence electrons. The van der Waals surface area contributed by atoms with Gasteiger partial charge in [0.25, 0.3) is 0 Å². The Labute approximate surface area is 204 Å². The number of halogens is 1. The normalized spacial score (nSPS) is 12.0. The molecule has 0 spiro atoms. The maximum Gasteiger partial charge on any atom is 0.328 e. The van der Waals surface area contributed by atoms with Gasteiger partial charge in [0.05, 0.1) is 11.3 Å². The number of carboxylic acid groups (broad SMARTS) is 2. The van der Waals surface area contributed by atoms with E-state index in [2.05, 4.69) is 23.6 Å². The Morgan fingerprint density at radius 3 is 2.15 bits per heavy atom. The first kappa shape index (κ1) is 29.0. The van der Waals surface area contributed by atoms with E-state index < -0.39 is 22.0 Å². The van der Waals surface area contributed by atoms with Crippen molar-refractivity contribution in [2.45, 2.75) is 19.4 Å². The minimum Gasteiger partial charge on any atom is -0.490 e. The number of nitrogens with one attached hydrogen (secondary N) is 1. The number of aliphatic carboxylic acids is 2. The summed E-state index contributed by atoms with van der Waals surface area (Å²) in [5.74, 6) is -1.82. The predicted molar refractivity (Wildman–Crippen MR) is 132 cm³/mol. The Balaban J connectivity index is 0.000000620. The number of sulfonamides is 1. The average molecular weight is 513 g/mol. The molecule has 1 atom stereocenters. The molecular weight excluding hydrogens is 484 g/mol. The van der Waals surface area contributed by atoms with Crippen LogP contribution in [-0.2, 0) is 26.0 Å². The highest BCUT2D eigenvalue weighted by molar-refractivity contribution is 7.92. The first-order chi connectivity index (χ1) is 15.9. The van der Waals surface area contributed by atoms with Gasteiger partial charge < -0.3 is 14.9 Å². The summed E-state index contributed by atoms with van der Waals surface area (Å²) >= 11 is 6.10. The summed E-state index contributed by atoms with van der Waals surface area (Å²) in [4.78, 5) is 21.3. The summed E-state index contributed by atoms with van der Waals surface area (Å²) in [6.07, 6.45) is 3.12. The fourth-order valence-electron chi connectivity index (χ4n) is 2.52. The number of rotatable bonds is 11. The largest absolute Gasteiger partial charge is 0.490 e. The molecule has 3 N–H and O–H groups in total. The molecule has 0 heterocycles. The highest BCUT2D eigenvalue weighted by Crippen LogP contribution is 2.23. The van der Waals surface area contributed by atoms with E-state index in [0.29, 0.717) is 35.2 Å². The van der Waals surface area contributed by atoms with Crippen LogP contribution in [0.2, 0.25) is 5.02 Å². The van der Waals surface area contributed by atoms with Crippen molar-refractivity contribution in [2.24, 2.45) is 0 Å². The first-order valence-electron chi connectivity index (χ1n) is 10.2. The molecule has 0 saturated heterocycles. The summed E-state index contributed by atoms with van der Waals surface area (Å²) in [7, 11) is -1.19. The second kappa shape index (κ2) is 14.2. The van der Waals surface area contributed by atoms with E-state index in [-0.39, 0.29) is 6.04 Å². The molecular formula is C23H29ClN2O7S. The number of benzene rings is 2. The standard InChI is InChI=1S/C19H25ClN2O3S.C4H4O4/c1-15(14-25-19-7-5-4-6-18(19)20)22(2)13-12-16-8-10-17(11-9-16)21-26(3,23)24;5-3(6)1-2-4(7)8/h4-11,15,21H,12-14H2,1-3H3;1-2H,(H,5,6)(H,7,8). The number of hydrogen-bond donors (Lipinski definition) is 3. The van der Waals surface area contributed by atoms with Gasteiger partial charge in [0, 0.05) is 30.4 Å². The van der Waals surface area contributed by atoms with Gasteiger partial charge in [0.2, 0.25) is 10.0 Å². The highest BCUT2D eigenvalue weighted by atomic mass is 35.5. The molecule has 0 bridgehead atoms. The van der Waals surface area contributed by atoms with Crippen LogP contribution in [0.1, 0.15) is 12.5 Å². The lowest BCUT2D eigenvalue weighted by Gasteiger charge is -2.25. The Kier molecular flexibility index (Phi) is 12.1. The van der Waals surface area contributed by atoms with Crippen molar-refractivity contribution in [3.05, 3.63) is 71.3 Å². The second-order valence-electron chi connectivity index (χ2n) is 7.40. The van der Waals surface area contributed by atoms with Gasteiger partial charge in [-0.15, -0.1) is 0 Å². The third-order valence-corrected chi connectivity index (χ3v) is 5.37. The maximum atomic E-state index is 11.2. The smallest absolute Gasteiger partial charge is 0.328 e. The van der Waals surface area contributed by atoms with Crippen molar-refractivity contribution >= 4 is 39.3 Å². The summed E-state index contributed by atoms with van der Waals surface area (Å²) in [5, 5.41) is 16.2. The van der Waals surface area contributed by atoms with Gasteiger partial charge in [-0.1, -0.05) is 35.9 Å². The van der Waals surface area contributed by atoms with Crippen LogP contribution in [0.4, 0.5) is 5.69 Å². The van der Waals surface area contributed by atoms with Crippen molar-refractivity contribution in [1.82, 2.24) is 4.90 Å². The number of ether oxygens (including phenoxy) is 1. The minimum atomic E-state index is -3.24. The number of anilines is 1. The fourth-order valence-corrected chi connectivity index (χ4v) is 3.28. The van der Waals surface area contributed by atoms with Gasteiger partial charge in [-0.05, 0) is 50.2 Å². The molecule has 34 heavy (non-hydrogen) atoms. The number of likely N-dealkylation sites (N-methyl/N-ethyl adjacent to an activating group) is 1. The zero-order valence-corrected chi connectivity index (χ0v) is 20.7. The van der Waals surface area contributed by atoms with Crippen molar-refractivity contribution in [1.29, 1.82) is 0 Å². The minimum absolute atomic E-state index is 0.234. The summed E-state index contributed by atoms with van der Waals surface area (Å²) in [5.41, 5.74) is 1.72. The average Bonchev–Trinajstić information content (AvgIpc) is 2.75. The number of hydrogen-bond acceptors (Lipinski definition) is 6. The van der Waals surface area contributed by atoms with Crippen molar-refractivity contribution in [3.8, 4) is 5.75 Å². The van der Waals surface area contributed by atoms with Crippen molar-refractivity contribution < 1.29 is 33.0 Å². The van der Waals surface area contributed by atoms with Crippen LogP contribution in [-0.4, -0.2) is 68.0 Å². The summed E-state index contributed by atoms with van der Waals surface area (Å²) in [6.45, 7) is 3.53.